The molecule has 0 fully saturated rings. The molecule has 0 saturated carbocycles. The Labute approximate surface area is 159 Å². The van der Waals surface area contributed by atoms with Gasteiger partial charge in [0.15, 0.2) is 5.96 Å². The number of aryl methyl sites for hydroxylation is 1. The van der Waals surface area contributed by atoms with E-state index in [0.717, 1.165) is 30.2 Å². The van der Waals surface area contributed by atoms with Gasteiger partial charge < -0.3 is 10.6 Å². The van der Waals surface area contributed by atoms with E-state index in [2.05, 4.69) is 39.4 Å². The Hall–Kier alpha value is -1.90. The minimum absolute atomic E-state index is 0.0307. The molecule has 0 aliphatic rings. The molecule has 0 radical (unpaired) electrons. The molecule has 0 atom stereocenters. The van der Waals surface area contributed by atoms with Crippen LogP contribution in [0.4, 0.5) is 0 Å². The lowest BCUT2D eigenvalue weighted by molar-refractivity contribution is 0.587. The van der Waals surface area contributed by atoms with Crippen molar-refractivity contribution in [1.82, 2.24) is 15.4 Å². The van der Waals surface area contributed by atoms with Crippen LogP contribution in [0, 0.1) is 6.92 Å². The van der Waals surface area contributed by atoms with Gasteiger partial charge in [0.2, 0.25) is 10.0 Å². The minimum Gasteiger partial charge on any atom is -0.357 e. The maximum absolute atomic E-state index is 11.7. The highest BCUT2D eigenvalue weighted by molar-refractivity contribution is 7.88. The van der Waals surface area contributed by atoms with Gasteiger partial charge in [0.05, 0.1) is 18.8 Å². The van der Waals surface area contributed by atoms with Gasteiger partial charge in [-0.15, -0.1) is 11.3 Å². The lowest BCUT2D eigenvalue weighted by atomic mass is 10.1. The van der Waals surface area contributed by atoms with Crippen LogP contribution in [0.5, 0.6) is 0 Å². The average Bonchev–Trinajstić information content (AvgIpc) is 3.03. The van der Waals surface area contributed by atoms with Crippen LogP contribution in [-0.4, -0.2) is 28.0 Å². The molecule has 0 saturated heterocycles. The summed E-state index contributed by atoms with van der Waals surface area (Å²) in [6, 6.07) is 11.7. The molecular formula is C18H26N4O2S2. The summed E-state index contributed by atoms with van der Waals surface area (Å²) < 4.78 is 25.7. The maximum atomic E-state index is 11.7. The molecule has 2 rings (SSSR count). The summed E-state index contributed by atoms with van der Waals surface area (Å²) in [5, 5.41) is 6.56. The second-order valence-electron chi connectivity index (χ2n) is 5.84. The normalized spacial score (nSPS) is 12.2. The van der Waals surface area contributed by atoms with E-state index in [1.54, 1.807) is 11.3 Å². The molecule has 0 bridgehead atoms. The topological polar surface area (TPSA) is 82.6 Å². The number of guanidine groups is 1. The third-order valence-electron chi connectivity index (χ3n) is 3.65. The summed E-state index contributed by atoms with van der Waals surface area (Å²) in [5.41, 5.74) is 1.72. The highest BCUT2D eigenvalue weighted by Gasteiger charge is 2.08. The Kier molecular flexibility index (Phi) is 7.62. The number of nitrogens with one attached hydrogen (secondary N) is 3. The highest BCUT2D eigenvalue weighted by atomic mass is 32.2. The molecular weight excluding hydrogens is 368 g/mol. The molecule has 2 aromatic rings. The predicted molar refractivity (Wildman–Crippen MR) is 109 cm³/mol. The van der Waals surface area contributed by atoms with Crippen molar-refractivity contribution in [1.29, 1.82) is 0 Å². The first-order valence-electron chi connectivity index (χ1n) is 8.48. The van der Waals surface area contributed by atoms with E-state index in [4.69, 9.17) is 0 Å². The van der Waals surface area contributed by atoms with Crippen LogP contribution >= 0.6 is 11.3 Å². The standard InChI is InChI=1S/C18H26N4O2S2/c1-4-20-18(22-12-17-9-8-14(2)25-17)21-11-15-6-5-7-16(10-15)13-26(23,24)19-3/h5-10,19H,4,11-13H2,1-3H3,(H2,20,21,22). The number of hydrogen-bond acceptors (Lipinski definition) is 4. The van der Waals surface area contributed by atoms with Gasteiger partial charge in [0, 0.05) is 16.3 Å². The number of nitrogens with zero attached hydrogens (tertiary/aromatic N) is 1. The van der Waals surface area contributed by atoms with E-state index in [1.807, 2.05) is 31.2 Å². The van der Waals surface area contributed by atoms with E-state index in [0.29, 0.717) is 6.54 Å². The molecule has 3 N–H and O–H groups in total. The lowest BCUT2D eigenvalue weighted by Crippen LogP contribution is -2.36. The molecule has 1 aromatic carbocycles. The van der Waals surface area contributed by atoms with E-state index in [9.17, 15) is 8.42 Å². The maximum Gasteiger partial charge on any atom is 0.215 e. The zero-order valence-electron chi connectivity index (χ0n) is 15.4. The molecule has 0 aliphatic heterocycles. The minimum atomic E-state index is -3.28. The first-order chi connectivity index (χ1) is 12.4. The van der Waals surface area contributed by atoms with Crippen molar-refractivity contribution in [3.05, 3.63) is 57.3 Å². The Morgan fingerprint density at radius 2 is 1.92 bits per heavy atom. The Bertz CT molecular complexity index is 844. The number of benzene rings is 1. The zero-order valence-corrected chi connectivity index (χ0v) is 17.0. The molecule has 142 valence electrons. The van der Waals surface area contributed by atoms with Crippen molar-refractivity contribution in [2.24, 2.45) is 4.99 Å². The fourth-order valence-corrected chi connectivity index (χ4v) is 3.97. The van der Waals surface area contributed by atoms with Gasteiger partial charge in [-0.3, -0.25) is 0 Å². The summed E-state index contributed by atoms with van der Waals surface area (Å²) in [6.07, 6.45) is 0. The smallest absolute Gasteiger partial charge is 0.215 e. The van der Waals surface area contributed by atoms with Crippen molar-refractivity contribution >= 4 is 27.3 Å². The number of sulfonamides is 1. The summed E-state index contributed by atoms with van der Waals surface area (Å²) >= 11 is 1.76. The van der Waals surface area contributed by atoms with Crippen LogP contribution in [0.2, 0.25) is 0 Å². The third kappa shape index (κ3) is 6.78. The Morgan fingerprint density at radius 3 is 2.58 bits per heavy atom. The van der Waals surface area contributed by atoms with Crippen LogP contribution in [0.15, 0.2) is 41.4 Å². The Balaban J connectivity index is 2.01. The largest absolute Gasteiger partial charge is 0.357 e. The van der Waals surface area contributed by atoms with Crippen LogP contribution in [0.3, 0.4) is 0 Å². The number of thiophene rings is 1. The number of aliphatic imine (C=N–C) groups is 1. The molecule has 0 unspecified atom stereocenters. The van der Waals surface area contributed by atoms with E-state index < -0.39 is 10.0 Å². The second kappa shape index (κ2) is 9.70. The van der Waals surface area contributed by atoms with Gasteiger partial charge in [0.1, 0.15) is 0 Å². The molecule has 26 heavy (non-hydrogen) atoms. The van der Waals surface area contributed by atoms with Crippen LogP contribution in [0.25, 0.3) is 0 Å². The van der Waals surface area contributed by atoms with Crippen molar-refractivity contribution < 1.29 is 8.42 Å². The van der Waals surface area contributed by atoms with Gasteiger partial charge in [-0.2, -0.15) is 0 Å². The lowest BCUT2D eigenvalue weighted by Gasteiger charge is -2.11. The fraction of sp³-hybridized carbons (Fsp3) is 0.389. The van der Waals surface area contributed by atoms with Crippen molar-refractivity contribution in [2.45, 2.75) is 32.7 Å². The number of rotatable bonds is 8. The third-order valence-corrected chi connectivity index (χ3v) is 5.99. The van der Waals surface area contributed by atoms with Gasteiger partial charge in [-0.1, -0.05) is 24.3 Å². The highest BCUT2D eigenvalue weighted by Crippen LogP contribution is 2.14. The Morgan fingerprint density at radius 1 is 1.15 bits per heavy atom. The van der Waals surface area contributed by atoms with Crippen LogP contribution in [-0.2, 0) is 28.9 Å². The molecule has 0 aliphatic carbocycles. The summed E-state index contributed by atoms with van der Waals surface area (Å²) in [7, 11) is -1.85. The van der Waals surface area contributed by atoms with Crippen LogP contribution in [0.1, 0.15) is 27.8 Å². The summed E-state index contributed by atoms with van der Waals surface area (Å²) in [6.45, 7) is 6.09. The first kappa shape index (κ1) is 20.4. The predicted octanol–water partition coefficient (Wildman–Crippen LogP) is 2.36. The van der Waals surface area contributed by atoms with Crippen molar-refractivity contribution in [3.8, 4) is 0 Å². The molecule has 0 amide bonds. The van der Waals surface area contributed by atoms with Crippen molar-refractivity contribution in [2.75, 3.05) is 13.6 Å². The summed E-state index contributed by atoms with van der Waals surface area (Å²) in [5.74, 6) is 0.712. The SMILES string of the molecule is CCNC(=NCc1cccc(CS(=O)(=O)NC)c1)NCc1ccc(C)s1. The first-order valence-corrected chi connectivity index (χ1v) is 10.9. The average molecular weight is 395 g/mol. The quantitative estimate of drug-likeness (QED) is 0.474. The molecule has 1 heterocycles. The molecule has 1 aromatic heterocycles. The van der Waals surface area contributed by atoms with Gasteiger partial charge in [-0.25, -0.2) is 18.1 Å². The number of hydrogen-bond donors (Lipinski definition) is 3. The zero-order chi connectivity index (χ0) is 19.0. The second-order valence-corrected chi connectivity index (χ2v) is 9.14. The fourth-order valence-electron chi connectivity index (χ4n) is 2.37. The molecule has 0 spiro atoms. The van der Waals surface area contributed by atoms with E-state index >= 15 is 0 Å². The molecule has 6 nitrogen and oxygen atoms in total. The van der Waals surface area contributed by atoms with Crippen molar-refractivity contribution in [3.63, 3.8) is 0 Å². The molecule has 8 heteroatoms. The van der Waals surface area contributed by atoms with E-state index in [-0.39, 0.29) is 5.75 Å². The van der Waals surface area contributed by atoms with E-state index in [1.165, 1.54) is 16.8 Å². The monoisotopic (exact) mass is 394 g/mol. The van der Waals surface area contributed by atoms with Gasteiger partial charge in [0.25, 0.3) is 0 Å². The van der Waals surface area contributed by atoms with Crippen LogP contribution < -0.4 is 15.4 Å². The van der Waals surface area contributed by atoms with Gasteiger partial charge >= 0.3 is 0 Å². The van der Waals surface area contributed by atoms with Gasteiger partial charge in [-0.05, 0) is 44.2 Å². The summed E-state index contributed by atoms with van der Waals surface area (Å²) in [4.78, 5) is 7.14.